The van der Waals surface area contributed by atoms with E-state index < -0.39 is 5.97 Å². The molecule has 1 aliphatic carbocycles. The lowest BCUT2D eigenvalue weighted by Crippen LogP contribution is -2.57. The summed E-state index contributed by atoms with van der Waals surface area (Å²) in [5.74, 6) is -0.795. The van der Waals surface area contributed by atoms with E-state index in [2.05, 4.69) is 29.4 Å². The lowest BCUT2D eigenvalue weighted by atomic mass is 9.85. The first-order valence-electron chi connectivity index (χ1n) is 9.51. The van der Waals surface area contributed by atoms with Crippen LogP contribution >= 0.6 is 0 Å². The molecule has 144 valence electrons. The number of amides is 2. The van der Waals surface area contributed by atoms with Gasteiger partial charge in [0.15, 0.2) is 0 Å². The van der Waals surface area contributed by atoms with Crippen LogP contribution in [0.3, 0.4) is 0 Å². The van der Waals surface area contributed by atoms with Crippen LogP contribution in [0.25, 0.3) is 0 Å². The average Bonchev–Trinajstić information content (AvgIpc) is 2.98. The maximum Gasteiger partial charge on any atom is 0.317 e. The summed E-state index contributed by atoms with van der Waals surface area (Å²) in [5, 5.41) is 14.9. The molecule has 1 heterocycles. The van der Waals surface area contributed by atoms with Crippen molar-refractivity contribution in [1.82, 2.24) is 20.4 Å². The van der Waals surface area contributed by atoms with Crippen molar-refractivity contribution < 1.29 is 14.7 Å². The second-order valence-electron chi connectivity index (χ2n) is 8.25. The fourth-order valence-corrected chi connectivity index (χ4v) is 3.83. The molecule has 2 rings (SSSR count). The SMILES string of the molecule is CCN(CC(=O)O)C1CC(NC(=O)NCC(C)(C)CN2CCCC2)C1. The predicted octanol–water partition coefficient (Wildman–Crippen LogP) is 1.35. The Morgan fingerprint density at radius 2 is 1.88 bits per heavy atom. The number of carboxylic acid groups (broad SMARTS) is 1. The standard InChI is InChI=1S/C18H34N4O3/c1-4-22(11-16(23)24)15-9-14(10-15)20-17(25)19-12-18(2,3)13-21-7-5-6-8-21/h14-15H,4-13H2,1-3H3,(H,23,24)(H2,19,20,25). The van der Waals surface area contributed by atoms with Crippen LogP contribution in [-0.4, -0.2) is 78.3 Å². The molecule has 1 saturated heterocycles. The molecule has 7 heteroatoms. The Labute approximate surface area is 151 Å². The molecule has 2 fully saturated rings. The van der Waals surface area contributed by atoms with Crippen LogP contribution in [0, 0.1) is 5.41 Å². The van der Waals surface area contributed by atoms with Gasteiger partial charge in [-0.25, -0.2) is 4.79 Å². The van der Waals surface area contributed by atoms with E-state index >= 15 is 0 Å². The Morgan fingerprint density at radius 1 is 1.24 bits per heavy atom. The van der Waals surface area contributed by atoms with Crippen LogP contribution in [0.4, 0.5) is 4.79 Å². The second kappa shape index (κ2) is 8.85. The number of hydrogen-bond donors (Lipinski definition) is 3. The van der Waals surface area contributed by atoms with Gasteiger partial charge in [0.2, 0.25) is 0 Å². The Bertz CT molecular complexity index is 457. The zero-order valence-electron chi connectivity index (χ0n) is 15.9. The highest BCUT2D eigenvalue weighted by Crippen LogP contribution is 2.25. The molecule has 2 amide bonds. The van der Waals surface area contributed by atoms with Gasteiger partial charge >= 0.3 is 12.0 Å². The van der Waals surface area contributed by atoms with E-state index in [-0.39, 0.29) is 30.1 Å². The highest BCUT2D eigenvalue weighted by molar-refractivity contribution is 5.74. The third-order valence-corrected chi connectivity index (χ3v) is 5.29. The summed E-state index contributed by atoms with van der Waals surface area (Å²) in [6, 6.07) is 0.298. The van der Waals surface area contributed by atoms with Gasteiger partial charge in [-0.3, -0.25) is 9.69 Å². The number of nitrogens with zero attached hydrogens (tertiary/aromatic N) is 2. The summed E-state index contributed by atoms with van der Waals surface area (Å²) in [6.45, 7) is 11.2. The van der Waals surface area contributed by atoms with Gasteiger partial charge in [0, 0.05) is 25.2 Å². The van der Waals surface area contributed by atoms with E-state index in [4.69, 9.17) is 5.11 Å². The summed E-state index contributed by atoms with van der Waals surface area (Å²) in [6.07, 6.45) is 4.21. The molecule has 2 aliphatic rings. The van der Waals surface area contributed by atoms with Crippen molar-refractivity contribution in [3.8, 4) is 0 Å². The van der Waals surface area contributed by atoms with Gasteiger partial charge in [0.25, 0.3) is 0 Å². The van der Waals surface area contributed by atoms with Crippen molar-refractivity contribution in [1.29, 1.82) is 0 Å². The van der Waals surface area contributed by atoms with Crippen molar-refractivity contribution >= 4 is 12.0 Å². The zero-order valence-corrected chi connectivity index (χ0v) is 15.9. The number of rotatable bonds is 9. The first-order valence-corrected chi connectivity index (χ1v) is 9.51. The quantitative estimate of drug-likeness (QED) is 0.582. The molecule has 1 aliphatic heterocycles. The summed E-state index contributed by atoms with van der Waals surface area (Å²) in [5.41, 5.74) is 0.0598. The number of hydrogen-bond acceptors (Lipinski definition) is 4. The van der Waals surface area contributed by atoms with E-state index in [1.54, 1.807) is 0 Å². The van der Waals surface area contributed by atoms with E-state index in [0.717, 1.165) is 25.9 Å². The molecule has 0 radical (unpaired) electrons. The van der Waals surface area contributed by atoms with Gasteiger partial charge in [-0.2, -0.15) is 0 Å². The summed E-state index contributed by atoms with van der Waals surface area (Å²) in [7, 11) is 0. The number of carbonyl (C=O) groups excluding carboxylic acids is 1. The van der Waals surface area contributed by atoms with Gasteiger partial charge in [0.1, 0.15) is 0 Å². The lowest BCUT2D eigenvalue weighted by Gasteiger charge is -2.42. The lowest BCUT2D eigenvalue weighted by molar-refractivity contribution is -0.139. The highest BCUT2D eigenvalue weighted by atomic mass is 16.4. The van der Waals surface area contributed by atoms with Gasteiger partial charge < -0.3 is 20.6 Å². The van der Waals surface area contributed by atoms with Crippen molar-refractivity contribution in [3.63, 3.8) is 0 Å². The molecule has 0 bridgehead atoms. The molecule has 0 unspecified atom stereocenters. The molecule has 0 atom stereocenters. The largest absolute Gasteiger partial charge is 0.480 e. The molecule has 0 aromatic carbocycles. The summed E-state index contributed by atoms with van der Waals surface area (Å²) < 4.78 is 0. The highest BCUT2D eigenvalue weighted by Gasteiger charge is 2.35. The van der Waals surface area contributed by atoms with E-state index in [1.165, 1.54) is 25.9 Å². The van der Waals surface area contributed by atoms with Gasteiger partial charge in [-0.15, -0.1) is 0 Å². The third kappa shape index (κ3) is 6.47. The number of carboxylic acids is 1. The Balaban J connectivity index is 1.63. The number of likely N-dealkylation sites (N-methyl/N-ethyl adjacent to an activating group) is 1. The van der Waals surface area contributed by atoms with Crippen molar-refractivity contribution in [2.75, 3.05) is 39.3 Å². The monoisotopic (exact) mass is 354 g/mol. The Morgan fingerprint density at radius 3 is 2.44 bits per heavy atom. The van der Waals surface area contributed by atoms with Crippen LogP contribution in [0.15, 0.2) is 0 Å². The van der Waals surface area contributed by atoms with E-state index in [0.29, 0.717) is 6.54 Å². The smallest absolute Gasteiger partial charge is 0.317 e. The van der Waals surface area contributed by atoms with E-state index in [1.807, 2.05) is 11.8 Å². The Hall–Kier alpha value is -1.34. The summed E-state index contributed by atoms with van der Waals surface area (Å²) >= 11 is 0. The minimum atomic E-state index is -0.795. The van der Waals surface area contributed by atoms with E-state index in [9.17, 15) is 9.59 Å². The average molecular weight is 354 g/mol. The molecule has 0 aromatic rings. The van der Waals surface area contributed by atoms with Crippen LogP contribution in [0.1, 0.15) is 46.5 Å². The third-order valence-electron chi connectivity index (χ3n) is 5.29. The van der Waals surface area contributed by atoms with Gasteiger partial charge in [0.05, 0.1) is 6.54 Å². The molecular formula is C18H34N4O3. The molecular weight excluding hydrogens is 320 g/mol. The molecule has 7 nitrogen and oxygen atoms in total. The van der Waals surface area contributed by atoms with Gasteiger partial charge in [-0.1, -0.05) is 20.8 Å². The first kappa shape index (κ1) is 20.0. The van der Waals surface area contributed by atoms with Crippen LogP contribution in [-0.2, 0) is 4.79 Å². The second-order valence-corrected chi connectivity index (χ2v) is 8.25. The number of carbonyl (C=O) groups is 2. The Kier molecular flexibility index (Phi) is 7.07. The number of nitrogens with one attached hydrogen (secondary N) is 2. The number of likely N-dealkylation sites (tertiary alicyclic amines) is 1. The van der Waals surface area contributed by atoms with Crippen molar-refractivity contribution in [2.45, 2.75) is 58.5 Å². The minimum absolute atomic E-state index is 0.0598. The molecule has 0 spiro atoms. The maximum atomic E-state index is 12.1. The fraction of sp³-hybridized carbons (Fsp3) is 0.889. The molecule has 0 aromatic heterocycles. The minimum Gasteiger partial charge on any atom is -0.480 e. The van der Waals surface area contributed by atoms with Crippen molar-refractivity contribution in [2.24, 2.45) is 5.41 Å². The van der Waals surface area contributed by atoms with Crippen LogP contribution < -0.4 is 10.6 Å². The number of aliphatic carboxylic acids is 1. The fourth-order valence-electron chi connectivity index (χ4n) is 3.83. The first-order chi connectivity index (χ1) is 11.8. The van der Waals surface area contributed by atoms with Crippen molar-refractivity contribution in [3.05, 3.63) is 0 Å². The van der Waals surface area contributed by atoms with Gasteiger partial charge in [-0.05, 0) is 50.7 Å². The normalized spacial score (nSPS) is 24.2. The predicted molar refractivity (Wildman–Crippen MR) is 97.7 cm³/mol. The van der Waals surface area contributed by atoms with Crippen LogP contribution in [0.2, 0.25) is 0 Å². The number of urea groups is 1. The summed E-state index contributed by atoms with van der Waals surface area (Å²) in [4.78, 5) is 27.4. The topological polar surface area (TPSA) is 84.9 Å². The maximum absolute atomic E-state index is 12.1. The molecule has 3 N–H and O–H groups in total. The molecule has 1 saturated carbocycles. The van der Waals surface area contributed by atoms with Crippen LogP contribution in [0.5, 0.6) is 0 Å². The zero-order chi connectivity index (χ0) is 18.4. The molecule has 25 heavy (non-hydrogen) atoms.